The molecule has 0 aromatic heterocycles. The van der Waals surface area contributed by atoms with Crippen LogP contribution in [0.25, 0.3) is 0 Å². The van der Waals surface area contributed by atoms with Gasteiger partial charge in [0.15, 0.2) is 0 Å². The molecule has 0 aliphatic heterocycles. The van der Waals surface area contributed by atoms with E-state index in [0.717, 1.165) is 28.6 Å². The molecule has 1 aromatic rings. The van der Waals surface area contributed by atoms with Gasteiger partial charge in [0.05, 0.1) is 0 Å². The minimum Gasteiger partial charge on any atom is -0.339 e. The molecule has 0 heterocycles. The van der Waals surface area contributed by atoms with E-state index in [9.17, 15) is 9.59 Å². The maximum atomic E-state index is 11.9. The fraction of sp³-hybridized carbons (Fsp3) is 0.467. The van der Waals surface area contributed by atoms with E-state index in [1.807, 2.05) is 25.1 Å². The number of carbonyl (C=O) groups is 2. The van der Waals surface area contributed by atoms with Gasteiger partial charge in [-0.05, 0) is 43.5 Å². The zero-order chi connectivity index (χ0) is 14.7. The van der Waals surface area contributed by atoms with Crippen molar-refractivity contribution in [1.82, 2.24) is 4.90 Å². The topological polar surface area (TPSA) is 49.4 Å². The lowest BCUT2D eigenvalue weighted by Gasteiger charge is -2.20. The molecule has 108 valence electrons. The summed E-state index contributed by atoms with van der Waals surface area (Å²) in [6.07, 6.45) is 2.46. The highest BCUT2D eigenvalue weighted by Crippen LogP contribution is 2.27. The number of hydrogen-bond acceptors (Lipinski definition) is 2. The quantitative estimate of drug-likeness (QED) is 0.896. The molecule has 5 heteroatoms. The predicted molar refractivity (Wildman–Crippen MR) is 82.5 cm³/mol. The van der Waals surface area contributed by atoms with Crippen molar-refractivity contribution < 1.29 is 9.59 Å². The number of rotatable bonds is 5. The standard InChI is InChI=1S/C15H19BrN2O2/c1-10-9-12(3-6-14(10)16)17-15(20)7-8-18(11(2)19)13-4-5-13/h3,6,9,13H,4-5,7-8H2,1-2H3,(H,17,20). The zero-order valence-corrected chi connectivity index (χ0v) is 13.4. The van der Waals surface area contributed by atoms with Crippen LogP contribution in [0.1, 0.15) is 31.7 Å². The normalized spacial score (nSPS) is 13.9. The van der Waals surface area contributed by atoms with Crippen molar-refractivity contribution in [1.29, 1.82) is 0 Å². The molecule has 20 heavy (non-hydrogen) atoms. The maximum absolute atomic E-state index is 11.9. The predicted octanol–water partition coefficient (Wildman–Crippen LogP) is 3.10. The van der Waals surface area contributed by atoms with E-state index in [4.69, 9.17) is 0 Å². The summed E-state index contributed by atoms with van der Waals surface area (Å²) in [5, 5.41) is 2.87. The number of carbonyl (C=O) groups excluding carboxylic acids is 2. The highest BCUT2D eigenvalue weighted by molar-refractivity contribution is 9.10. The molecule has 1 aliphatic rings. The Morgan fingerprint density at radius 1 is 1.40 bits per heavy atom. The highest BCUT2D eigenvalue weighted by Gasteiger charge is 2.30. The van der Waals surface area contributed by atoms with Gasteiger partial charge in [0, 0.05) is 36.1 Å². The van der Waals surface area contributed by atoms with E-state index < -0.39 is 0 Å². The smallest absolute Gasteiger partial charge is 0.226 e. The van der Waals surface area contributed by atoms with Gasteiger partial charge in [-0.1, -0.05) is 15.9 Å². The molecule has 0 saturated heterocycles. The first kappa shape index (κ1) is 15.0. The minimum atomic E-state index is -0.0568. The fourth-order valence-electron chi connectivity index (χ4n) is 2.15. The van der Waals surface area contributed by atoms with Crippen LogP contribution in [0.3, 0.4) is 0 Å². The van der Waals surface area contributed by atoms with Crippen molar-refractivity contribution in [3.63, 3.8) is 0 Å². The van der Waals surface area contributed by atoms with E-state index in [-0.39, 0.29) is 11.8 Å². The molecule has 0 bridgehead atoms. The number of amides is 2. The molecule has 1 N–H and O–H groups in total. The minimum absolute atomic E-state index is 0.0554. The Morgan fingerprint density at radius 3 is 2.65 bits per heavy atom. The van der Waals surface area contributed by atoms with E-state index in [1.165, 1.54) is 0 Å². The largest absolute Gasteiger partial charge is 0.339 e. The molecule has 0 radical (unpaired) electrons. The zero-order valence-electron chi connectivity index (χ0n) is 11.8. The lowest BCUT2D eigenvalue weighted by Crippen LogP contribution is -2.33. The van der Waals surface area contributed by atoms with Crippen LogP contribution in [0.15, 0.2) is 22.7 Å². The molecule has 0 unspecified atom stereocenters. The molecular formula is C15H19BrN2O2. The fourth-order valence-corrected chi connectivity index (χ4v) is 2.40. The number of aryl methyl sites for hydroxylation is 1. The molecule has 4 nitrogen and oxygen atoms in total. The van der Waals surface area contributed by atoms with Gasteiger partial charge < -0.3 is 10.2 Å². The van der Waals surface area contributed by atoms with Crippen LogP contribution in [-0.2, 0) is 9.59 Å². The molecular weight excluding hydrogens is 320 g/mol. The summed E-state index contributed by atoms with van der Waals surface area (Å²) in [5.74, 6) is -0.00147. The molecule has 1 aliphatic carbocycles. The number of halogens is 1. The second-order valence-corrected chi connectivity index (χ2v) is 6.06. The van der Waals surface area contributed by atoms with Crippen molar-refractivity contribution in [2.75, 3.05) is 11.9 Å². The van der Waals surface area contributed by atoms with Crippen LogP contribution in [-0.4, -0.2) is 29.3 Å². The molecule has 0 spiro atoms. The third-order valence-electron chi connectivity index (χ3n) is 3.41. The van der Waals surface area contributed by atoms with Gasteiger partial charge in [0.25, 0.3) is 0 Å². The van der Waals surface area contributed by atoms with E-state index in [0.29, 0.717) is 19.0 Å². The number of benzene rings is 1. The van der Waals surface area contributed by atoms with E-state index in [1.54, 1.807) is 11.8 Å². The first-order valence-corrected chi connectivity index (χ1v) is 7.60. The Bertz CT molecular complexity index is 527. The van der Waals surface area contributed by atoms with Crippen LogP contribution in [0.2, 0.25) is 0 Å². The lowest BCUT2D eigenvalue weighted by molar-refractivity contribution is -0.129. The highest BCUT2D eigenvalue weighted by atomic mass is 79.9. The lowest BCUT2D eigenvalue weighted by atomic mass is 10.2. The van der Waals surface area contributed by atoms with Crippen LogP contribution >= 0.6 is 15.9 Å². The third kappa shape index (κ3) is 4.07. The van der Waals surface area contributed by atoms with Crippen LogP contribution in [0, 0.1) is 6.92 Å². The SMILES string of the molecule is CC(=O)N(CCC(=O)Nc1ccc(Br)c(C)c1)C1CC1. The van der Waals surface area contributed by atoms with E-state index >= 15 is 0 Å². The van der Waals surface area contributed by atoms with Gasteiger partial charge in [0.2, 0.25) is 11.8 Å². The molecule has 2 amide bonds. The molecule has 1 saturated carbocycles. The Hall–Kier alpha value is -1.36. The molecule has 1 fully saturated rings. The van der Waals surface area contributed by atoms with Crippen LogP contribution in [0.4, 0.5) is 5.69 Å². The summed E-state index contributed by atoms with van der Waals surface area (Å²) < 4.78 is 1.02. The Balaban J connectivity index is 1.85. The summed E-state index contributed by atoms with van der Waals surface area (Å²) in [4.78, 5) is 25.2. The van der Waals surface area contributed by atoms with Crippen LogP contribution in [0.5, 0.6) is 0 Å². The van der Waals surface area contributed by atoms with E-state index in [2.05, 4.69) is 21.2 Å². The number of anilines is 1. The summed E-state index contributed by atoms with van der Waals surface area (Å²) in [7, 11) is 0. The van der Waals surface area contributed by atoms with Gasteiger partial charge in [-0.15, -0.1) is 0 Å². The van der Waals surface area contributed by atoms with Crippen molar-refractivity contribution in [2.24, 2.45) is 0 Å². The molecule has 2 rings (SSSR count). The van der Waals surface area contributed by atoms with Crippen molar-refractivity contribution in [3.05, 3.63) is 28.2 Å². The Morgan fingerprint density at radius 2 is 2.10 bits per heavy atom. The number of hydrogen-bond donors (Lipinski definition) is 1. The van der Waals surface area contributed by atoms with Gasteiger partial charge in [-0.3, -0.25) is 9.59 Å². The third-order valence-corrected chi connectivity index (χ3v) is 4.30. The van der Waals surface area contributed by atoms with Gasteiger partial charge >= 0.3 is 0 Å². The summed E-state index contributed by atoms with van der Waals surface area (Å²) in [6, 6.07) is 6.05. The summed E-state index contributed by atoms with van der Waals surface area (Å²) >= 11 is 3.43. The molecule has 0 atom stereocenters. The summed E-state index contributed by atoms with van der Waals surface area (Å²) in [5.41, 5.74) is 1.86. The average molecular weight is 339 g/mol. The Labute approximate surface area is 127 Å². The van der Waals surface area contributed by atoms with Gasteiger partial charge in [-0.25, -0.2) is 0 Å². The Kier molecular flexibility index (Phi) is 4.81. The molecule has 1 aromatic carbocycles. The van der Waals surface area contributed by atoms with Crippen molar-refractivity contribution in [3.8, 4) is 0 Å². The van der Waals surface area contributed by atoms with Gasteiger partial charge in [-0.2, -0.15) is 0 Å². The average Bonchev–Trinajstić information content (AvgIpc) is 3.18. The number of nitrogens with zero attached hydrogens (tertiary/aromatic N) is 1. The van der Waals surface area contributed by atoms with Crippen LogP contribution < -0.4 is 5.32 Å². The number of nitrogens with one attached hydrogen (secondary N) is 1. The summed E-state index contributed by atoms with van der Waals surface area (Å²) in [6.45, 7) is 4.04. The maximum Gasteiger partial charge on any atom is 0.226 e. The van der Waals surface area contributed by atoms with Crippen molar-refractivity contribution >= 4 is 33.4 Å². The second kappa shape index (κ2) is 6.39. The monoisotopic (exact) mass is 338 g/mol. The van der Waals surface area contributed by atoms with Gasteiger partial charge in [0.1, 0.15) is 0 Å². The first-order chi connectivity index (χ1) is 9.47. The van der Waals surface area contributed by atoms with Crippen molar-refractivity contribution in [2.45, 2.75) is 39.2 Å². The second-order valence-electron chi connectivity index (χ2n) is 5.21. The first-order valence-electron chi connectivity index (χ1n) is 6.80.